The molecule has 5 aromatic carbocycles. The van der Waals surface area contributed by atoms with Crippen LogP contribution in [-0.2, 0) is 15.6 Å². The predicted molar refractivity (Wildman–Crippen MR) is 226 cm³/mol. The third-order valence-electron chi connectivity index (χ3n) is 11.8. The van der Waals surface area contributed by atoms with Gasteiger partial charge in [-0.1, -0.05) is 115 Å². The molecule has 55 heavy (non-hydrogen) atoms. The van der Waals surface area contributed by atoms with Crippen molar-refractivity contribution >= 4 is 27.8 Å². The first-order valence-electron chi connectivity index (χ1n) is 19.6. The molecule has 0 bridgehead atoms. The van der Waals surface area contributed by atoms with Crippen molar-refractivity contribution in [2.45, 2.75) is 84.1 Å². The zero-order valence-corrected chi connectivity index (χ0v) is 33.1. The van der Waals surface area contributed by atoms with Crippen LogP contribution in [0.15, 0.2) is 126 Å². The Kier molecular flexibility index (Phi) is 8.27. The van der Waals surface area contributed by atoms with E-state index in [-0.39, 0.29) is 28.7 Å². The molecule has 1 atom stereocenters. The number of aryl methyl sites for hydroxylation is 1. The zero-order chi connectivity index (χ0) is 38.2. The van der Waals surface area contributed by atoms with Crippen LogP contribution in [0, 0.1) is 6.92 Å². The van der Waals surface area contributed by atoms with Gasteiger partial charge in [-0.2, -0.15) is 0 Å². The molecule has 0 radical (unpaired) electrons. The van der Waals surface area contributed by atoms with Gasteiger partial charge in [0.1, 0.15) is 23.8 Å². The Morgan fingerprint density at radius 2 is 1.49 bits per heavy atom. The van der Waals surface area contributed by atoms with E-state index in [2.05, 4.69) is 169 Å². The number of aliphatic imine (C=N–C) groups is 1. The Bertz CT molecular complexity index is 2590. The van der Waals surface area contributed by atoms with E-state index in [1.807, 2.05) is 12.3 Å². The molecule has 2 aliphatic heterocycles. The molecule has 7 aromatic rings. The van der Waals surface area contributed by atoms with E-state index in [9.17, 15) is 0 Å². The number of aromatic nitrogens is 2. The summed E-state index contributed by atoms with van der Waals surface area (Å²) in [7, 11) is 0. The highest BCUT2D eigenvalue weighted by atomic mass is 16.5. The molecule has 276 valence electrons. The minimum atomic E-state index is -0.237. The third kappa shape index (κ3) is 5.92. The van der Waals surface area contributed by atoms with Gasteiger partial charge < -0.3 is 9.47 Å². The van der Waals surface area contributed by atoms with E-state index >= 15 is 0 Å². The van der Waals surface area contributed by atoms with Crippen molar-refractivity contribution in [2.24, 2.45) is 4.99 Å². The van der Waals surface area contributed by atoms with Crippen LogP contribution < -0.4 is 4.74 Å². The number of fused-ring (bicyclic) bond motifs is 5. The van der Waals surface area contributed by atoms with Crippen molar-refractivity contribution in [1.82, 2.24) is 9.55 Å². The second-order valence-corrected chi connectivity index (χ2v) is 17.3. The summed E-state index contributed by atoms with van der Waals surface area (Å²) >= 11 is 0. The summed E-state index contributed by atoms with van der Waals surface area (Å²) in [4.78, 5) is 10.2. The van der Waals surface area contributed by atoms with Gasteiger partial charge in [-0.25, -0.2) is 9.98 Å². The molecule has 0 aliphatic carbocycles. The van der Waals surface area contributed by atoms with E-state index in [1.54, 1.807) is 0 Å². The zero-order valence-electron chi connectivity index (χ0n) is 33.1. The normalized spacial score (nSPS) is 16.1. The van der Waals surface area contributed by atoms with E-state index in [0.717, 1.165) is 34.0 Å². The summed E-state index contributed by atoms with van der Waals surface area (Å²) in [6.45, 7) is 18.7. The largest absolute Gasteiger partial charge is 0.475 e. The van der Waals surface area contributed by atoms with Gasteiger partial charge in [0.2, 0.25) is 5.90 Å². The average molecular weight is 724 g/mol. The minimum absolute atomic E-state index is 0.0101. The Morgan fingerprint density at radius 1 is 0.782 bits per heavy atom. The second kappa shape index (κ2) is 13.0. The average Bonchev–Trinajstić information content (AvgIpc) is 3.79. The lowest BCUT2D eigenvalue weighted by molar-refractivity contribution is 0.308. The van der Waals surface area contributed by atoms with Gasteiger partial charge >= 0.3 is 0 Å². The third-order valence-corrected chi connectivity index (χ3v) is 11.8. The highest BCUT2D eigenvalue weighted by Crippen LogP contribution is 2.50. The lowest BCUT2D eigenvalue weighted by Gasteiger charge is -2.36. The van der Waals surface area contributed by atoms with Crippen molar-refractivity contribution in [2.75, 3.05) is 6.61 Å². The molecule has 0 spiro atoms. The molecule has 5 heteroatoms. The first kappa shape index (κ1) is 35.0. The highest BCUT2D eigenvalue weighted by molar-refractivity contribution is 6.10. The van der Waals surface area contributed by atoms with E-state index in [4.69, 9.17) is 19.5 Å². The predicted octanol–water partition coefficient (Wildman–Crippen LogP) is 12.3. The molecule has 5 nitrogen and oxygen atoms in total. The number of pyridine rings is 1. The van der Waals surface area contributed by atoms with Crippen molar-refractivity contribution in [3.8, 4) is 17.2 Å². The summed E-state index contributed by atoms with van der Waals surface area (Å²) in [5.41, 5.74) is 12.7. The van der Waals surface area contributed by atoms with Crippen LogP contribution in [0.3, 0.4) is 0 Å². The van der Waals surface area contributed by atoms with Gasteiger partial charge in [0.15, 0.2) is 0 Å². The first-order chi connectivity index (χ1) is 26.4. The van der Waals surface area contributed by atoms with Gasteiger partial charge in [0.05, 0.1) is 17.2 Å². The fourth-order valence-corrected chi connectivity index (χ4v) is 8.67. The molecule has 0 saturated heterocycles. The van der Waals surface area contributed by atoms with Crippen molar-refractivity contribution in [3.63, 3.8) is 0 Å². The fourth-order valence-electron chi connectivity index (χ4n) is 8.67. The summed E-state index contributed by atoms with van der Waals surface area (Å²) in [5, 5.41) is 2.42. The molecule has 2 aliphatic rings. The number of hydrogen-bond donors (Lipinski definition) is 0. The van der Waals surface area contributed by atoms with Crippen LogP contribution in [0.1, 0.15) is 105 Å². The fraction of sp³-hybridized carbons (Fsp3) is 0.280. The molecule has 0 N–H and O–H groups in total. The Labute approximate surface area is 324 Å². The minimum Gasteiger partial charge on any atom is -0.475 e. The van der Waals surface area contributed by atoms with Gasteiger partial charge in [0.25, 0.3) is 0 Å². The van der Waals surface area contributed by atoms with Gasteiger partial charge in [-0.3, -0.25) is 4.57 Å². The standard InChI is InChI=1S/C50H49N3O2/c1-30(2)34-23-35(48-52-42(29-54-48)45(32-16-11-9-12-17-32)33-18-13-10-14-19-33)25-37(24-34)55-44-28-43-40(22-31(44)3)50(7,8)41-27-36(49(4,5)6)26-39-38-20-15-21-51-47(38)53(43)46(39)41/h9-28,30,42,45H,29H2,1-8H3/t42-/m0/s1. The quantitative estimate of drug-likeness (QED) is 0.164. The maximum Gasteiger partial charge on any atom is 0.216 e. The Hall–Kier alpha value is -5.68. The summed E-state index contributed by atoms with van der Waals surface area (Å²) < 4.78 is 15.8. The molecule has 9 rings (SSSR count). The molecule has 0 unspecified atom stereocenters. The maximum absolute atomic E-state index is 6.94. The highest BCUT2D eigenvalue weighted by Gasteiger charge is 2.38. The maximum atomic E-state index is 6.94. The van der Waals surface area contributed by atoms with E-state index in [1.165, 1.54) is 49.7 Å². The van der Waals surface area contributed by atoms with Crippen LogP contribution in [-0.4, -0.2) is 28.1 Å². The van der Waals surface area contributed by atoms with Gasteiger partial charge in [0, 0.05) is 39.9 Å². The first-order valence-corrected chi connectivity index (χ1v) is 19.6. The van der Waals surface area contributed by atoms with E-state index in [0.29, 0.717) is 12.5 Å². The number of nitrogens with zero attached hydrogens (tertiary/aromatic N) is 3. The summed E-state index contributed by atoms with van der Waals surface area (Å²) in [6.07, 6.45) is 1.90. The lowest BCUT2D eigenvalue weighted by atomic mass is 9.72. The molecule has 0 fully saturated rings. The SMILES string of the molecule is Cc1cc2c(cc1Oc1cc(C3=N[C@H](C(c4ccccc4)c4ccccc4)CO3)cc(C(C)C)c1)-n1c3ncccc3c3cc(C(C)(C)C)cc(c31)C2(C)C. The molecular weight excluding hydrogens is 675 g/mol. The Balaban J connectivity index is 1.14. The second-order valence-electron chi connectivity index (χ2n) is 17.3. The smallest absolute Gasteiger partial charge is 0.216 e. The molecule has 2 aromatic heterocycles. The van der Waals surface area contributed by atoms with Crippen molar-refractivity contribution in [3.05, 3.63) is 166 Å². The van der Waals surface area contributed by atoms with Crippen molar-refractivity contribution in [1.29, 1.82) is 0 Å². The van der Waals surface area contributed by atoms with Crippen molar-refractivity contribution < 1.29 is 9.47 Å². The molecular formula is C50H49N3O2. The molecule has 0 saturated carbocycles. The summed E-state index contributed by atoms with van der Waals surface area (Å²) in [6, 6.07) is 41.3. The number of rotatable bonds is 7. The van der Waals surface area contributed by atoms with Crippen LogP contribution in [0.5, 0.6) is 11.5 Å². The lowest BCUT2D eigenvalue weighted by Crippen LogP contribution is -2.27. The number of benzene rings is 5. The monoisotopic (exact) mass is 723 g/mol. The summed E-state index contributed by atoms with van der Waals surface area (Å²) in [5.74, 6) is 2.63. The van der Waals surface area contributed by atoms with Gasteiger partial charge in [-0.05, 0) is 99.7 Å². The van der Waals surface area contributed by atoms with Crippen LogP contribution >= 0.6 is 0 Å². The van der Waals surface area contributed by atoms with Crippen LogP contribution in [0.2, 0.25) is 0 Å². The van der Waals surface area contributed by atoms with Crippen LogP contribution in [0.25, 0.3) is 27.6 Å². The topological polar surface area (TPSA) is 48.6 Å². The Morgan fingerprint density at radius 3 is 2.16 bits per heavy atom. The molecule has 0 amide bonds. The number of ether oxygens (including phenoxy) is 2. The number of hydrogen-bond acceptors (Lipinski definition) is 4. The van der Waals surface area contributed by atoms with E-state index < -0.39 is 0 Å². The molecule has 4 heterocycles. The van der Waals surface area contributed by atoms with Gasteiger partial charge in [-0.15, -0.1) is 0 Å². The van der Waals surface area contributed by atoms with Crippen LogP contribution in [0.4, 0.5) is 0 Å².